The topological polar surface area (TPSA) is 65.0 Å². The molecule has 3 heterocycles. The third kappa shape index (κ3) is 3.98. The third-order valence-electron chi connectivity index (χ3n) is 8.13. The van der Waals surface area contributed by atoms with Gasteiger partial charge < -0.3 is 8.83 Å². The Bertz CT molecular complexity index is 2440. The number of para-hydroxylation sites is 1. The van der Waals surface area contributed by atoms with Gasteiger partial charge in [0.1, 0.15) is 22.3 Å². The third-order valence-corrected chi connectivity index (χ3v) is 8.13. The van der Waals surface area contributed by atoms with E-state index in [1.54, 1.807) is 0 Å². The molecule has 0 fully saturated rings. The summed E-state index contributed by atoms with van der Waals surface area (Å²) in [5, 5.41) is 4.29. The van der Waals surface area contributed by atoms with Crippen LogP contribution in [0.1, 0.15) is 0 Å². The molecule has 0 saturated carbocycles. The van der Waals surface area contributed by atoms with Gasteiger partial charge in [0.2, 0.25) is 0 Å². The largest absolute Gasteiger partial charge is 0.456 e. The number of hydrogen-bond donors (Lipinski definition) is 0. The average Bonchev–Trinajstić information content (AvgIpc) is 3.65. The highest BCUT2D eigenvalue weighted by Gasteiger charge is 2.18. The minimum atomic E-state index is 0.621. The number of benzene rings is 6. The summed E-state index contributed by atoms with van der Waals surface area (Å²) < 4.78 is 12.5. The zero-order chi connectivity index (χ0) is 29.0. The highest BCUT2D eigenvalue weighted by molar-refractivity contribution is 6.18. The summed E-state index contributed by atoms with van der Waals surface area (Å²) in [4.78, 5) is 14.7. The van der Waals surface area contributed by atoms with Crippen molar-refractivity contribution >= 4 is 43.9 Å². The maximum atomic E-state index is 6.37. The predicted octanol–water partition coefficient (Wildman–Crippen LogP) is 10.3. The van der Waals surface area contributed by atoms with Crippen molar-refractivity contribution in [3.05, 3.63) is 140 Å². The van der Waals surface area contributed by atoms with E-state index in [-0.39, 0.29) is 0 Å². The van der Waals surface area contributed by atoms with Crippen molar-refractivity contribution in [2.24, 2.45) is 0 Å². The molecule has 0 amide bonds. The van der Waals surface area contributed by atoms with Crippen molar-refractivity contribution in [2.75, 3.05) is 0 Å². The number of rotatable bonds is 4. The van der Waals surface area contributed by atoms with E-state index in [1.165, 1.54) is 0 Å². The van der Waals surface area contributed by atoms with Crippen molar-refractivity contribution < 1.29 is 8.83 Å². The lowest BCUT2D eigenvalue weighted by atomic mass is 9.97. The van der Waals surface area contributed by atoms with E-state index in [0.717, 1.165) is 71.7 Å². The maximum absolute atomic E-state index is 6.37. The Balaban J connectivity index is 1.23. The molecule has 6 aromatic carbocycles. The molecule has 44 heavy (non-hydrogen) atoms. The van der Waals surface area contributed by atoms with Crippen LogP contribution in [0.4, 0.5) is 0 Å². The fraction of sp³-hybridized carbons (Fsp3) is 0. The number of nitrogens with zero attached hydrogens (tertiary/aromatic N) is 3. The average molecular weight is 566 g/mol. The van der Waals surface area contributed by atoms with E-state index in [0.29, 0.717) is 17.5 Å². The number of furan rings is 2. The molecule has 3 aromatic heterocycles. The molecular formula is C39H23N3O2. The number of hydrogen-bond acceptors (Lipinski definition) is 5. The highest BCUT2D eigenvalue weighted by Crippen LogP contribution is 2.41. The van der Waals surface area contributed by atoms with Gasteiger partial charge in [-0.25, -0.2) is 15.0 Å². The van der Waals surface area contributed by atoms with Gasteiger partial charge in [0, 0.05) is 44.3 Å². The van der Waals surface area contributed by atoms with Crippen LogP contribution in [0.2, 0.25) is 0 Å². The molecule has 5 heteroatoms. The van der Waals surface area contributed by atoms with Gasteiger partial charge in [-0.05, 0) is 35.4 Å². The molecule has 0 aliphatic carbocycles. The summed E-state index contributed by atoms with van der Waals surface area (Å²) in [7, 11) is 0. The zero-order valence-electron chi connectivity index (χ0n) is 23.4. The maximum Gasteiger partial charge on any atom is 0.164 e. The standard InChI is InChI=1S/C39H23N3O2/c1-3-11-24(12-4-1)37-40-38(25-13-5-2-6-14-25)42-39(41-37)27-16-9-15-26(21-27)28-18-10-20-33-36(28)31-22-30-29-17-7-8-19-32(29)43-34(30)23-35(31)44-33/h1-23H. The Labute approximate surface area is 252 Å². The van der Waals surface area contributed by atoms with Gasteiger partial charge in [-0.15, -0.1) is 0 Å². The Morgan fingerprint density at radius 3 is 1.64 bits per heavy atom. The summed E-state index contributed by atoms with van der Waals surface area (Å²) in [6.07, 6.45) is 0. The molecule has 5 nitrogen and oxygen atoms in total. The first-order chi connectivity index (χ1) is 21.8. The predicted molar refractivity (Wildman–Crippen MR) is 176 cm³/mol. The summed E-state index contributed by atoms with van der Waals surface area (Å²) in [6, 6.07) is 47.0. The van der Waals surface area contributed by atoms with E-state index in [1.807, 2.05) is 97.1 Å². The lowest BCUT2D eigenvalue weighted by Gasteiger charge is -2.10. The molecule has 0 atom stereocenters. The fourth-order valence-corrected chi connectivity index (χ4v) is 6.05. The van der Waals surface area contributed by atoms with Gasteiger partial charge in [0.05, 0.1) is 0 Å². The summed E-state index contributed by atoms with van der Waals surface area (Å²) in [5.41, 5.74) is 8.24. The second-order valence-corrected chi connectivity index (χ2v) is 10.8. The molecule has 0 spiro atoms. The normalized spacial score (nSPS) is 11.6. The zero-order valence-corrected chi connectivity index (χ0v) is 23.4. The van der Waals surface area contributed by atoms with Crippen LogP contribution in [0, 0.1) is 0 Å². The monoisotopic (exact) mass is 565 g/mol. The minimum Gasteiger partial charge on any atom is -0.456 e. The Hall–Kier alpha value is -6.07. The molecule has 0 radical (unpaired) electrons. The van der Waals surface area contributed by atoms with Gasteiger partial charge >= 0.3 is 0 Å². The first-order valence-electron chi connectivity index (χ1n) is 14.5. The van der Waals surface area contributed by atoms with E-state index in [4.69, 9.17) is 23.8 Å². The Morgan fingerprint density at radius 2 is 0.886 bits per heavy atom. The minimum absolute atomic E-state index is 0.621. The SMILES string of the molecule is c1ccc(-c2nc(-c3ccccc3)nc(-c3cccc(-c4cccc5oc6cc7oc8ccccc8c7cc6c45)c3)n2)cc1. The molecule has 0 bridgehead atoms. The van der Waals surface area contributed by atoms with Crippen LogP contribution in [-0.4, -0.2) is 15.0 Å². The molecule has 0 N–H and O–H groups in total. The number of aromatic nitrogens is 3. The lowest BCUT2D eigenvalue weighted by Crippen LogP contribution is -2.00. The molecule has 206 valence electrons. The molecule has 0 unspecified atom stereocenters. The Morgan fingerprint density at radius 1 is 0.341 bits per heavy atom. The second-order valence-electron chi connectivity index (χ2n) is 10.8. The van der Waals surface area contributed by atoms with E-state index >= 15 is 0 Å². The molecule has 0 saturated heterocycles. The van der Waals surface area contributed by atoms with Crippen molar-refractivity contribution in [3.63, 3.8) is 0 Å². The van der Waals surface area contributed by atoms with Crippen LogP contribution in [0.5, 0.6) is 0 Å². The van der Waals surface area contributed by atoms with Gasteiger partial charge in [0.15, 0.2) is 17.5 Å². The number of fused-ring (bicyclic) bond motifs is 6. The second kappa shape index (κ2) is 9.75. The van der Waals surface area contributed by atoms with Crippen LogP contribution in [-0.2, 0) is 0 Å². The van der Waals surface area contributed by atoms with Gasteiger partial charge in [-0.1, -0.05) is 109 Å². The van der Waals surface area contributed by atoms with Crippen LogP contribution in [0.15, 0.2) is 148 Å². The van der Waals surface area contributed by atoms with Crippen molar-refractivity contribution in [1.29, 1.82) is 0 Å². The quantitative estimate of drug-likeness (QED) is 0.212. The van der Waals surface area contributed by atoms with Crippen molar-refractivity contribution in [1.82, 2.24) is 15.0 Å². The Kier molecular flexibility index (Phi) is 5.43. The van der Waals surface area contributed by atoms with Crippen LogP contribution in [0.3, 0.4) is 0 Å². The fourth-order valence-electron chi connectivity index (χ4n) is 6.05. The van der Waals surface area contributed by atoms with Crippen LogP contribution in [0.25, 0.3) is 89.2 Å². The smallest absolute Gasteiger partial charge is 0.164 e. The van der Waals surface area contributed by atoms with E-state index in [9.17, 15) is 0 Å². The van der Waals surface area contributed by atoms with Gasteiger partial charge in [0.25, 0.3) is 0 Å². The van der Waals surface area contributed by atoms with Gasteiger partial charge in [-0.3, -0.25) is 0 Å². The highest BCUT2D eigenvalue weighted by atomic mass is 16.3. The molecular weight excluding hydrogens is 542 g/mol. The van der Waals surface area contributed by atoms with Crippen LogP contribution < -0.4 is 0 Å². The molecule has 9 rings (SSSR count). The molecule has 0 aliphatic heterocycles. The summed E-state index contributed by atoms with van der Waals surface area (Å²) in [5.74, 6) is 1.90. The first kappa shape index (κ1) is 24.5. The van der Waals surface area contributed by atoms with Crippen molar-refractivity contribution in [3.8, 4) is 45.3 Å². The van der Waals surface area contributed by atoms with E-state index < -0.39 is 0 Å². The van der Waals surface area contributed by atoms with E-state index in [2.05, 4.69) is 42.5 Å². The first-order valence-corrected chi connectivity index (χ1v) is 14.5. The van der Waals surface area contributed by atoms with Crippen LogP contribution >= 0.6 is 0 Å². The summed E-state index contributed by atoms with van der Waals surface area (Å²) in [6.45, 7) is 0. The molecule has 0 aliphatic rings. The van der Waals surface area contributed by atoms with Crippen molar-refractivity contribution in [2.45, 2.75) is 0 Å². The molecule has 9 aromatic rings. The lowest BCUT2D eigenvalue weighted by molar-refractivity contribution is 0.656. The van der Waals surface area contributed by atoms with Gasteiger partial charge in [-0.2, -0.15) is 0 Å². The summed E-state index contributed by atoms with van der Waals surface area (Å²) >= 11 is 0.